The fourth-order valence-corrected chi connectivity index (χ4v) is 2.55. The second-order valence-electron chi connectivity index (χ2n) is 4.53. The van der Waals surface area contributed by atoms with E-state index in [4.69, 9.17) is 5.73 Å². The highest BCUT2D eigenvalue weighted by Crippen LogP contribution is 2.18. The summed E-state index contributed by atoms with van der Waals surface area (Å²) in [6.07, 6.45) is 2.83. The molecule has 0 aliphatic rings. The number of hydrogen-bond donors (Lipinski definition) is 2. The molecule has 1 aromatic heterocycles. The molecule has 0 spiro atoms. The number of nitrogens with one attached hydrogen (secondary N) is 1. The number of thioether (sulfide) groups is 1. The highest BCUT2D eigenvalue weighted by molar-refractivity contribution is 7.97. The summed E-state index contributed by atoms with van der Waals surface area (Å²) in [6.45, 7) is 1.52. The Labute approximate surface area is 147 Å². The second kappa shape index (κ2) is 10.7. The van der Waals surface area contributed by atoms with Gasteiger partial charge >= 0.3 is 0 Å². The molecule has 8 heteroatoms. The Balaban J connectivity index is 0.00000220. The quantitative estimate of drug-likeness (QED) is 0.738. The van der Waals surface area contributed by atoms with Gasteiger partial charge in [-0.05, 0) is 31.4 Å². The van der Waals surface area contributed by atoms with Crippen molar-refractivity contribution in [2.45, 2.75) is 18.7 Å². The molecule has 2 rings (SSSR count). The molecule has 0 atom stereocenters. The molecule has 0 saturated carbocycles. The normalized spacial score (nSPS) is 9.91. The number of rotatable bonds is 7. The number of nitrogens with zero attached hydrogens (tertiary/aromatic N) is 2. The molecule has 0 aliphatic carbocycles. The third kappa shape index (κ3) is 5.35. The molecular formula is C14H22Cl2N4OS. The number of para-hydroxylation sites is 2. The van der Waals surface area contributed by atoms with Gasteiger partial charge in [0.25, 0.3) is 0 Å². The summed E-state index contributed by atoms with van der Waals surface area (Å²) >= 11 is 1.70. The van der Waals surface area contributed by atoms with E-state index in [2.05, 4.69) is 10.3 Å². The maximum atomic E-state index is 12.0. The topological polar surface area (TPSA) is 72.9 Å². The van der Waals surface area contributed by atoms with Gasteiger partial charge in [-0.3, -0.25) is 4.79 Å². The standard InChI is InChI=1S/C14H20N4OS.2ClH/c1-20-10-13-17-11-5-2-3-6-12(11)18(13)9-14(19)16-8-4-7-15;;/h2-3,5-6H,4,7-10,15H2,1H3,(H,16,19);2*1H. The molecule has 0 aliphatic heterocycles. The molecule has 3 N–H and O–H groups in total. The zero-order valence-electron chi connectivity index (χ0n) is 12.4. The Bertz CT molecular complexity index is 591. The Kier molecular flexibility index (Phi) is 10.3. The zero-order valence-corrected chi connectivity index (χ0v) is 14.9. The number of hydrogen-bond acceptors (Lipinski definition) is 4. The van der Waals surface area contributed by atoms with Crippen LogP contribution in [0, 0.1) is 0 Å². The molecule has 2 aromatic rings. The molecule has 22 heavy (non-hydrogen) atoms. The van der Waals surface area contributed by atoms with Crippen molar-refractivity contribution >= 4 is 53.5 Å². The summed E-state index contributed by atoms with van der Waals surface area (Å²) in [5.74, 6) is 1.74. The van der Waals surface area contributed by atoms with E-state index < -0.39 is 0 Å². The fourth-order valence-electron chi connectivity index (χ4n) is 2.07. The Hall–Kier alpha value is -0.950. The maximum absolute atomic E-state index is 12.0. The number of fused-ring (bicyclic) bond motifs is 1. The molecule has 1 heterocycles. The van der Waals surface area contributed by atoms with Crippen LogP contribution in [0.25, 0.3) is 11.0 Å². The lowest BCUT2D eigenvalue weighted by Gasteiger charge is -2.09. The predicted octanol–water partition coefficient (Wildman–Crippen LogP) is 2.21. The summed E-state index contributed by atoms with van der Waals surface area (Å²) in [6, 6.07) is 7.90. The van der Waals surface area contributed by atoms with Crippen LogP contribution in [0.3, 0.4) is 0 Å². The lowest BCUT2D eigenvalue weighted by Crippen LogP contribution is -2.29. The number of benzene rings is 1. The van der Waals surface area contributed by atoms with Gasteiger partial charge in [-0.25, -0.2) is 4.98 Å². The number of amides is 1. The number of halogens is 2. The van der Waals surface area contributed by atoms with Gasteiger partial charge in [-0.1, -0.05) is 12.1 Å². The Morgan fingerprint density at radius 2 is 2.09 bits per heavy atom. The Morgan fingerprint density at radius 1 is 1.36 bits per heavy atom. The molecule has 0 bridgehead atoms. The van der Waals surface area contributed by atoms with E-state index in [9.17, 15) is 4.79 Å². The molecular weight excluding hydrogens is 343 g/mol. The first-order chi connectivity index (χ1) is 9.76. The lowest BCUT2D eigenvalue weighted by atomic mass is 10.3. The number of nitrogens with two attached hydrogens (primary N) is 1. The first-order valence-electron chi connectivity index (χ1n) is 6.66. The third-order valence-electron chi connectivity index (χ3n) is 3.01. The minimum Gasteiger partial charge on any atom is -0.355 e. The van der Waals surface area contributed by atoms with Gasteiger partial charge in [0.15, 0.2) is 0 Å². The van der Waals surface area contributed by atoms with E-state index in [1.807, 2.05) is 35.1 Å². The van der Waals surface area contributed by atoms with E-state index in [0.29, 0.717) is 19.6 Å². The first kappa shape index (κ1) is 21.0. The van der Waals surface area contributed by atoms with E-state index in [0.717, 1.165) is 29.0 Å². The number of aromatic nitrogens is 2. The van der Waals surface area contributed by atoms with Crippen LogP contribution >= 0.6 is 36.6 Å². The van der Waals surface area contributed by atoms with Gasteiger partial charge in [0.05, 0.1) is 16.8 Å². The molecule has 0 saturated heterocycles. The van der Waals surface area contributed by atoms with Gasteiger partial charge in [-0.2, -0.15) is 11.8 Å². The average molecular weight is 365 g/mol. The zero-order chi connectivity index (χ0) is 14.4. The number of carbonyl (C=O) groups excluding carboxylic acids is 1. The summed E-state index contributed by atoms with van der Waals surface area (Å²) in [7, 11) is 0. The van der Waals surface area contributed by atoms with E-state index >= 15 is 0 Å². The van der Waals surface area contributed by atoms with Crippen molar-refractivity contribution in [1.82, 2.24) is 14.9 Å². The van der Waals surface area contributed by atoms with Crippen LogP contribution < -0.4 is 11.1 Å². The average Bonchev–Trinajstić information content (AvgIpc) is 2.78. The van der Waals surface area contributed by atoms with Crippen LogP contribution in [0.2, 0.25) is 0 Å². The van der Waals surface area contributed by atoms with Crippen molar-refractivity contribution in [3.05, 3.63) is 30.1 Å². The summed E-state index contributed by atoms with van der Waals surface area (Å²) in [5.41, 5.74) is 7.36. The number of imidazole rings is 1. The maximum Gasteiger partial charge on any atom is 0.240 e. The molecule has 124 valence electrons. The van der Waals surface area contributed by atoms with Crippen LogP contribution in [-0.4, -0.2) is 34.8 Å². The molecule has 0 fully saturated rings. The van der Waals surface area contributed by atoms with Crippen LogP contribution in [-0.2, 0) is 17.1 Å². The van der Waals surface area contributed by atoms with Crippen LogP contribution in [0.1, 0.15) is 12.2 Å². The van der Waals surface area contributed by atoms with Crippen LogP contribution in [0.4, 0.5) is 0 Å². The van der Waals surface area contributed by atoms with Gasteiger partial charge in [0.1, 0.15) is 12.4 Å². The minimum atomic E-state index is 0. The van der Waals surface area contributed by atoms with Crippen LogP contribution in [0.5, 0.6) is 0 Å². The molecule has 1 aromatic carbocycles. The highest BCUT2D eigenvalue weighted by atomic mass is 35.5. The van der Waals surface area contributed by atoms with Gasteiger partial charge < -0.3 is 15.6 Å². The van der Waals surface area contributed by atoms with Crippen molar-refractivity contribution < 1.29 is 4.79 Å². The Morgan fingerprint density at radius 3 is 2.77 bits per heavy atom. The molecule has 0 unspecified atom stereocenters. The molecule has 5 nitrogen and oxygen atoms in total. The third-order valence-corrected chi connectivity index (χ3v) is 3.56. The molecule has 1 amide bonds. The van der Waals surface area contributed by atoms with E-state index in [1.54, 1.807) is 11.8 Å². The van der Waals surface area contributed by atoms with E-state index in [-0.39, 0.29) is 30.7 Å². The monoisotopic (exact) mass is 364 g/mol. The smallest absolute Gasteiger partial charge is 0.240 e. The summed E-state index contributed by atoms with van der Waals surface area (Å²) < 4.78 is 1.99. The lowest BCUT2D eigenvalue weighted by molar-refractivity contribution is -0.121. The summed E-state index contributed by atoms with van der Waals surface area (Å²) in [5, 5.41) is 2.88. The molecule has 0 radical (unpaired) electrons. The van der Waals surface area contributed by atoms with Crippen molar-refractivity contribution in [2.75, 3.05) is 19.3 Å². The minimum absolute atomic E-state index is 0. The number of carbonyl (C=O) groups is 1. The van der Waals surface area contributed by atoms with Gasteiger partial charge in [-0.15, -0.1) is 24.8 Å². The van der Waals surface area contributed by atoms with Gasteiger partial charge in [0, 0.05) is 6.54 Å². The second-order valence-corrected chi connectivity index (χ2v) is 5.39. The highest BCUT2D eigenvalue weighted by Gasteiger charge is 2.12. The first-order valence-corrected chi connectivity index (χ1v) is 8.05. The van der Waals surface area contributed by atoms with Crippen LogP contribution in [0.15, 0.2) is 24.3 Å². The van der Waals surface area contributed by atoms with Crippen molar-refractivity contribution in [3.63, 3.8) is 0 Å². The fraction of sp³-hybridized carbons (Fsp3) is 0.429. The van der Waals surface area contributed by atoms with E-state index in [1.165, 1.54) is 0 Å². The predicted molar refractivity (Wildman–Crippen MR) is 98.1 cm³/mol. The summed E-state index contributed by atoms with van der Waals surface area (Å²) in [4.78, 5) is 16.6. The van der Waals surface area contributed by atoms with Crippen molar-refractivity contribution in [2.24, 2.45) is 5.73 Å². The largest absolute Gasteiger partial charge is 0.355 e. The SMILES string of the molecule is CSCc1nc2ccccc2n1CC(=O)NCCCN.Cl.Cl. The van der Waals surface area contributed by atoms with Crippen molar-refractivity contribution in [1.29, 1.82) is 0 Å². The van der Waals surface area contributed by atoms with Gasteiger partial charge in [0.2, 0.25) is 5.91 Å². The van der Waals surface area contributed by atoms with Crippen molar-refractivity contribution in [3.8, 4) is 0 Å².